The molecular formula is C18H28O2. The van der Waals surface area contributed by atoms with Gasteiger partial charge < -0.3 is 5.11 Å². The van der Waals surface area contributed by atoms with E-state index in [-0.39, 0.29) is 11.5 Å². The third-order valence-corrected chi connectivity index (χ3v) is 7.72. The summed E-state index contributed by atoms with van der Waals surface area (Å²) in [5.74, 6) is 4.52. The van der Waals surface area contributed by atoms with Gasteiger partial charge in [0, 0.05) is 12.8 Å². The lowest BCUT2D eigenvalue weighted by Gasteiger charge is -2.55. The second-order valence-electron chi connectivity index (χ2n) is 8.35. The summed E-state index contributed by atoms with van der Waals surface area (Å²) in [5, 5.41) is 10.4. The molecule has 0 amide bonds. The third kappa shape index (κ3) is 1.76. The van der Waals surface area contributed by atoms with E-state index in [9.17, 15) is 9.90 Å². The van der Waals surface area contributed by atoms with Gasteiger partial charge in [-0.2, -0.15) is 0 Å². The maximum atomic E-state index is 11.7. The Morgan fingerprint density at radius 1 is 1.00 bits per heavy atom. The summed E-state index contributed by atoms with van der Waals surface area (Å²) in [5.41, 5.74) is 0.207. The lowest BCUT2D eigenvalue weighted by atomic mass is 9.50. The van der Waals surface area contributed by atoms with Crippen molar-refractivity contribution in [1.82, 2.24) is 0 Å². The van der Waals surface area contributed by atoms with Crippen LogP contribution in [0.2, 0.25) is 0 Å². The van der Waals surface area contributed by atoms with Gasteiger partial charge in [-0.3, -0.25) is 4.79 Å². The van der Waals surface area contributed by atoms with Gasteiger partial charge in [0.05, 0.1) is 6.10 Å². The summed E-state index contributed by atoms with van der Waals surface area (Å²) in [7, 11) is 0. The van der Waals surface area contributed by atoms with Crippen LogP contribution in [-0.4, -0.2) is 17.0 Å². The van der Waals surface area contributed by atoms with E-state index in [2.05, 4.69) is 6.92 Å². The van der Waals surface area contributed by atoms with Gasteiger partial charge in [0.2, 0.25) is 0 Å². The normalized spacial score (nSPS) is 55.0. The lowest BCUT2D eigenvalue weighted by Crippen LogP contribution is -2.49. The molecular weight excluding hydrogens is 248 g/mol. The molecule has 0 unspecified atom stereocenters. The predicted octanol–water partition coefficient (Wildman–Crippen LogP) is 3.57. The van der Waals surface area contributed by atoms with E-state index in [1.165, 1.54) is 32.1 Å². The van der Waals surface area contributed by atoms with Crippen molar-refractivity contribution in [3.05, 3.63) is 0 Å². The zero-order chi connectivity index (χ0) is 13.9. The Labute approximate surface area is 122 Å². The number of hydrogen-bond donors (Lipinski definition) is 1. The largest absolute Gasteiger partial charge is 0.393 e. The molecule has 7 atom stereocenters. The van der Waals surface area contributed by atoms with E-state index in [0.29, 0.717) is 11.7 Å². The van der Waals surface area contributed by atoms with E-state index in [0.717, 1.165) is 49.4 Å². The van der Waals surface area contributed by atoms with Crippen LogP contribution in [-0.2, 0) is 4.79 Å². The second-order valence-corrected chi connectivity index (χ2v) is 8.35. The van der Waals surface area contributed by atoms with Crippen LogP contribution in [0.5, 0.6) is 0 Å². The summed E-state index contributed by atoms with van der Waals surface area (Å²) >= 11 is 0. The van der Waals surface area contributed by atoms with E-state index >= 15 is 0 Å². The molecule has 4 rings (SSSR count). The molecule has 4 aliphatic carbocycles. The van der Waals surface area contributed by atoms with Crippen molar-refractivity contribution >= 4 is 5.78 Å². The number of ketones is 1. The molecule has 0 saturated heterocycles. The van der Waals surface area contributed by atoms with Crippen LogP contribution in [0.1, 0.15) is 64.7 Å². The highest BCUT2D eigenvalue weighted by atomic mass is 16.3. The highest BCUT2D eigenvalue weighted by Crippen LogP contribution is 2.62. The molecule has 0 aromatic heterocycles. The average Bonchev–Trinajstić information content (AvgIpc) is 2.74. The molecule has 0 radical (unpaired) electrons. The van der Waals surface area contributed by atoms with Crippen molar-refractivity contribution in [3.8, 4) is 0 Å². The molecule has 4 saturated carbocycles. The van der Waals surface area contributed by atoms with Crippen LogP contribution in [0, 0.1) is 35.0 Å². The van der Waals surface area contributed by atoms with Gasteiger partial charge in [0.1, 0.15) is 5.78 Å². The lowest BCUT2D eigenvalue weighted by molar-refractivity contribution is -0.128. The number of carbonyl (C=O) groups is 1. The summed E-state index contributed by atoms with van der Waals surface area (Å²) in [4.78, 5) is 11.7. The number of hydrogen-bond acceptors (Lipinski definition) is 2. The Morgan fingerprint density at radius 3 is 2.70 bits per heavy atom. The van der Waals surface area contributed by atoms with Crippen molar-refractivity contribution in [1.29, 1.82) is 0 Å². The minimum absolute atomic E-state index is 0.0564. The summed E-state index contributed by atoms with van der Waals surface area (Å²) < 4.78 is 0. The van der Waals surface area contributed by atoms with Crippen LogP contribution in [0.25, 0.3) is 0 Å². The van der Waals surface area contributed by atoms with Gasteiger partial charge in [-0.1, -0.05) is 6.92 Å². The highest BCUT2D eigenvalue weighted by Gasteiger charge is 2.56. The van der Waals surface area contributed by atoms with E-state index in [4.69, 9.17) is 0 Å². The first-order chi connectivity index (χ1) is 9.59. The fourth-order valence-corrected chi connectivity index (χ4v) is 6.63. The molecule has 4 aliphatic rings. The quantitative estimate of drug-likeness (QED) is 0.734. The maximum Gasteiger partial charge on any atom is 0.133 e. The fourth-order valence-electron chi connectivity index (χ4n) is 6.63. The Hall–Kier alpha value is -0.370. The summed E-state index contributed by atoms with van der Waals surface area (Å²) in [6.45, 7) is 2.35. The Kier molecular flexibility index (Phi) is 3.03. The highest BCUT2D eigenvalue weighted by molar-refractivity contribution is 5.79. The molecule has 0 aromatic rings. The number of Topliss-reactive ketones (excluding diaryl/α,β-unsaturated/α-hetero) is 1. The Morgan fingerprint density at radius 2 is 1.85 bits per heavy atom. The SMILES string of the molecule is C[C@]12CC[C@@H]3[C@@H]4CCC(=O)C[C@@H]4CC[C@@H]3[C@@H]1CC[C@H]2O. The number of carbonyl (C=O) groups excluding carboxylic acids is 1. The van der Waals surface area contributed by atoms with Crippen LogP contribution in [0.3, 0.4) is 0 Å². The van der Waals surface area contributed by atoms with Gasteiger partial charge in [0.25, 0.3) is 0 Å². The monoisotopic (exact) mass is 276 g/mol. The fraction of sp³-hybridized carbons (Fsp3) is 0.944. The molecule has 2 nitrogen and oxygen atoms in total. The molecule has 0 aliphatic heterocycles. The van der Waals surface area contributed by atoms with E-state index < -0.39 is 0 Å². The molecule has 0 heterocycles. The topological polar surface area (TPSA) is 37.3 Å². The molecule has 4 fully saturated rings. The molecule has 112 valence electrons. The first-order valence-electron chi connectivity index (χ1n) is 8.79. The standard InChI is InChI=1S/C18H28O2/c1-18-9-8-14-13-5-3-12(19)10-11(13)2-4-15(14)16(18)6-7-17(18)20/h11,13-17,20H,2-10H2,1H3/t11-,13+,14+,15-,16-,17+,18-/m0/s1. The van der Waals surface area contributed by atoms with Crippen LogP contribution < -0.4 is 0 Å². The number of rotatable bonds is 0. The van der Waals surface area contributed by atoms with Crippen molar-refractivity contribution in [2.24, 2.45) is 35.0 Å². The molecule has 20 heavy (non-hydrogen) atoms. The van der Waals surface area contributed by atoms with Crippen molar-refractivity contribution < 1.29 is 9.90 Å². The van der Waals surface area contributed by atoms with Gasteiger partial charge >= 0.3 is 0 Å². The van der Waals surface area contributed by atoms with Crippen LogP contribution in [0.4, 0.5) is 0 Å². The second kappa shape index (κ2) is 4.56. The third-order valence-electron chi connectivity index (χ3n) is 7.72. The first kappa shape index (κ1) is 13.3. The van der Waals surface area contributed by atoms with Crippen molar-refractivity contribution in [2.75, 3.05) is 0 Å². The number of aliphatic hydroxyl groups excluding tert-OH is 1. The zero-order valence-corrected chi connectivity index (χ0v) is 12.7. The van der Waals surface area contributed by atoms with E-state index in [1.807, 2.05) is 0 Å². The molecule has 2 heteroatoms. The predicted molar refractivity (Wildman–Crippen MR) is 78.1 cm³/mol. The Bertz CT molecular complexity index is 418. The van der Waals surface area contributed by atoms with Gasteiger partial charge in [-0.05, 0) is 80.0 Å². The van der Waals surface area contributed by atoms with Crippen LogP contribution in [0.15, 0.2) is 0 Å². The van der Waals surface area contributed by atoms with Gasteiger partial charge in [-0.15, -0.1) is 0 Å². The van der Waals surface area contributed by atoms with Gasteiger partial charge in [0.15, 0.2) is 0 Å². The Balaban J connectivity index is 1.58. The smallest absolute Gasteiger partial charge is 0.133 e. The summed E-state index contributed by atoms with van der Waals surface area (Å²) in [6.07, 6.45) is 10.2. The van der Waals surface area contributed by atoms with Crippen LogP contribution >= 0.6 is 0 Å². The minimum atomic E-state index is -0.0564. The molecule has 1 N–H and O–H groups in total. The van der Waals surface area contributed by atoms with Crippen molar-refractivity contribution in [3.63, 3.8) is 0 Å². The molecule has 0 aromatic carbocycles. The van der Waals surface area contributed by atoms with Crippen molar-refractivity contribution in [2.45, 2.75) is 70.8 Å². The summed E-state index contributed by atoms with van der Waals surface area (Å²) in [6, 6.07) is 0. The minimum Gasteiger partial charge on any atom is -0.393 e. The number of aliphatic hydroxyl groups is 1. The zero-order valence-electron chi connectivity index (χ0n) is 12.7. The number of fused-ring (bicyclic) bond motifs is 5. The molecule has 0 bridgehead atoms. The average molecular weight is 276 g/mol. The van der Waals surface area contributed by atoms with Gasteiger partial charge in [-0.25, -0.2) is 0 Å². The molecule has 0 spiro atoms. The maximum absolute atomic E-state index is 11.7. The first-order valence-corrected chi connectivity index (χ1v) is 8.79. The van der Waals surface area contributed by atoms with E-state index in [1.54, 1.807) is 0 Å².